The van der Waals surface area contributed by atoms with Crippen LogP contribution in [0.1, 0.15) is 206 Å². The lowest BCUT2D eigenvalue weighted by molar-refractivity contribution is -0.146. The highest BCUT2D eigenvalue weighted by Crippen LogP contribution is 2.84. The Hall–Kier alpha value is -7.16. The molecule has 0 radical (unpaired) electrons. The maximum Gasteiger partial charge on any atom is 0.0623 e. The molecule has 11 fully saturated rings. The largest absolute Gasteiger partial charge is 0.308 e. The minimum Gasteiger partial charge on any atom is -0.308 e. The van der Waals surface area contributed by atoms with Crippen molar-refractivity contribution >= 4 is 119 Å². The molecule has 4 heterocycles. The Labute approximate surface area is 528 Å². The van der Waals surface area contributed by atoms with E-state index < -0.39 is 0 Å². The lowest BCUT2D eigenvalue weighted by atomic mass is 9.36. The van der Waals surface area contributed by atoms with Gasteiger partial charge in [0.25, 0.3) is 0 Å². The van der Waals surface area contributed by atoms with Crippen LogP contribution in [-0.4, -0.2) is 8.80 Å². The molecule has 9 bridgehead atoms. The van der Waals surface area contributed by atoms with E-state index in [2.05, 4.69) is 132 Å². The minimum absolute atomic E-state index is 0.644. The van der Waals surface area contributed by atoms with Crippen LogP contribution in [0.2, 0.25) is 0 Å². The van der Waals surface area contributed by atoms with E-state index in [1.807, 2.05) is 0 Å². The molecule has 438 valence electrons. The third-order valence-corrected chi connectivity index (χ3v) is 34.1. The van der Waals surface area contributed by atoms with Gasteiger partial charge in [-0.3, -0.25) is 0 Å². The molecule has 0 amide bonds. The molecule has 4 aromatic heterocycles. The highest BCUT2D eigenvalue weighted by molar-refractivity contribution is 6.31. The van der Waals surface area contributed by atoms with Gasteiger partial charge >= 0.3 is 0 Å². The van der Waals surface area contributed by atoms with Gasteiger partial charge in [0.2, 0.25) is 0 Å². The van der Waals surface area contributed by atoms with Crippen molar-refractivity contribution in [3.05, 3.63) is 165 Å². The van der Waals surface area contributed by atoms with Crippen LogP contribution in [-0.2, 0) is 0 Å². The van der Waals surface area contributed by atoms with E-state index >= 15 is 0 Å². The van der Waals surface area contributed by atoms with E-state index in [4.69, 9.17) is 0 Å². The fourth-order valence-corrected chi connectivity index (χ4v) is 30.7. The second kappa shape index (κ2) is 13.8. The number of benzene rings is 10. The van der Waals surface area contributed by atoms with Gasteiger partial charge in [-0.05, 0) is 398 Å². The molecule has 19 atom stereocenters. The first-order chi connectivity index (χ1) is 44.7. The molecular weight excluding hydrogens is 1100 g/mol. The molecule has 2 heteroatoms. The van der Waals surface area contributed by atoms with Crippen LogP contribution >= 0.6 is 0 Å². The van der Waals surface area contributed by atoms with Crippen LogP contribution in [0.15, 0.2) is 109 Å². The molecule has 0 N–H and O–H groups in total. The quantitative estimate of drug-likeness (QED) is 0.155. The van der Waals surface area contributed by atoms with Gasteiger partial charge < -0.3 is 8.80 Å². The van der Waals surface area contributed by atoms with E-state index in [-0.39, 0.29) is 0 Å². The number of aryl methyl sites for hydroxylation is 2. The topological polar surface area (TPSA) is 8.82 Å². The molecule has 91 heavy (non-hydrogen) atoms. The fraction of sp³-hybridized carbons (Fsp3) is 0.416. The van der Waals surface area contributed by atoms with Crippen molar-refractivity contribution in [2.75, 3.05) is 0 Å². The minimum atomic E-state index is 0.644. The Morgan fingerprint density at radius 3 is 1.09 bits per heavy atom. The van der Waals surface area contributed by atoms with Gasteiger partial charge in [-0.15, -0.1) is 0 Å². The number of hydrogen-bond donors (Lipinski definition) is 0. The van der Waals surface area contributed by atoms with E-state index in [0.717, 1.165) is 94.7 Å². The van der Waals surface area contributed by atoms with Gasteiger partial charge in [0.1, 0.15) is 0 Å². The van der Waals surface area contributed by atoms with Crippen molar-refractivity contribution in [3.8, 4) is 11.1 Å². The van der Waals surface area contributed by atoms with E-state index in [1.54, 1.807) is 44.5 Å². The molecular formula is C89H72N2. The molecule has 11 saturated carbocycles. The van der Waals surface area contributed by atoms with Crippen LogP contribution in [0.3, 0.4) is 0 Å². The van der Waals surface area contributed by atoms with Gasteiger partial charge in [0.15, 0.2) is 0 Å². The number of rotatable bonds is 1. The highest BCUT2D eigenvalue weighted by atomic mass is 14.9. The Morgan fingerprint density at radius 2 is 0.659 bits per heavy atom. The second-order valence-corrected chi connectivity index (χ2v) is 36.0. The second-order valence-electron chi connectivity index (χ2n) is 36.0. The van der Waals surface area contributed by atoms with E-state index in [9.17, 15) is 0 Å². The lowest BCUT2D eigenvalue weighted by Crippen LogP contribution is -2.59. The molecule has 15 aliphatic rings. The van der Waals surface area contributed by atoms with Crippen molar-refractivity contribution in [1.82, 2.24) is 8.80 Å². The first-order valence-electron chi connectivity index (χ1n) is 37.1. The zero-order valence-corrected chi connectivity index (χ0v) is 52.3. The van der Waals surface area contributed by atoms with Gasteiger partial charge in [0.05, 0.1) is 33.1 Å². The smallest absolute Gasteiger partial charge is 0.0623 e. The zero-order valence-electron chi connectivity index (χ0n) is 52.3. The van der Waals surface area contributed by atoms with Gasteiger partial charge in [-0.25, -0.2) is 0 Å². The van der Waals surface area contributed by atoms with Crippen molar-refractivity contribution in [2.24, 2.45) is 63.6 Å². The predicted molar refractivity (Wildman–Crippen MR) is 372 cm³/mol. The normalized spacial score (nSPS) is 38.3. The molecule has 0 saturated heterocycles. The Balaban J connectivity index is 0.720. The number of fused-ring (bicyclic) bond motifs is 33. The van der Waals surface area contributed by atoms with Crippen molar-refractivity contribution < 1.29 is 0 Å². The summed E-state index contributed by atoms with van der Waals surface area (Å²) in [7, 11) is 0. The monoisotopic (exact) mass is 1170 g/mol. The fourth-order valence-electron chi connectivity index (χ4n) is 30.7. The summed E-state index contributed by atoms with van der Waals surface area (Å²) in [6, 6.07) is 48.8. The summed E-state index contributed by atoms with van der Waals surface area (Å²) in [6.07, 6.45) is 23.2. The summed E-state index contributed by atoms with van der Waals surface area (Å²) in [5.74, 6) is 13.8. The molecule has 2 nitrogen and oxygen atoms in total. The summed E-state index contributed by atoms with van der Waals surface area (Å²) in [6.45, 7) is 5.07. The standard InChI is InChI=1S/C89H72N2/c1-37-59(32-72-70-18-40-10-62-49-4-39-3-48(6-49)61(5-39)66(62)14-44(40)22-79(70)90-81-24-46-16-68-64(12-42(46)20-74(81)83(37)85(72)90)51-8-54-27-57-30-77(68)88(54,57)35-51)60-33-73-71-19-41-11-63-50-7-53-26-56-29-76(87(53,56)34-50)67(63)15-45(41)23-80(71)91-82-25-47-17-69-65(13-43(47)21-75(82)84(38(60)2)86(73)91)52-9-55-28-58-31-78(69)89(55,58)36-52/h10-25,32-33,39,48-58,61,76-78H,3-9,26-31,34-36H2,1-2H3. The third-order valence-electron chi connectivity index (χ3n) is 34.1. The number of aromatic nitrogens is 2. The van der Waals surface area contributed by atoms with Crippen LogP contribution in [0, 0.1) is 77.4 Å². The van der Waals surface area contributed by atoms with Crippen molar-refractivity contribution in [2.45, 2.75) is 164 Å². The lowest BCUT2D eigenvalue weighted by Gasteiger charge is -2.68. The SMILES string of the molecule is Cc1c(-c2cc3c4cc5cc6c(cc5cc4n4c5cc7cc8c(cc7cc5c(c2C)c34)C2CC3CC4CC8C34C2)C2CC3CC4CC6CC432)cc2c3cc4cc5c(cc4cc3n3c4cc6cc7c(cc6cc4c1c23)C1CC2CC3CC7C23C1)C1CC2CC5CC1C2. The maximum atomic E-state index is 2.79. The number of nitrogens with zero attached hydrogens (tertiary/aromatic N) is 2. The average Bonchev–Trinajstić information content (AvgIpc) is 1.59. The molecule has 19 unspecified atom stereocenters. The molecule has 14 aromatic rings. The zero-order chi connectivity index (χ0) is 57.6. The van der Waals surface area contributed by atoms with Crippen molar-refractivity contribution in [1.29, 1.82) is 0 Å². The Morgan fingerprint density at radius 1 is 0.297 bits per heavy atom. The van der Waals surface area contributed by atoms with Crippen LogP contribution in [0.5, 0.6) is 0 Å². The molecule has 10 aromatic carbocycles. The van der Waals surface area contributed by atoms with Crippen LogP contribution in [0.25, 0.3) is 130 Å². The third kappa shape index (κ3) is 4.53. The first-order valence-corrected chi connectivity index (χ1v) is 37.1. The van der Waals surface area contributed by atoms with Crippen LogP contribution < -0.4 is 0 Å². The summed E-state index contributed by atoms with van der Waals surface area (Å²) in [5.41, 5.74) is 30.0. The molecule has 29 rings (SSSR count). The molecule has 0 aliphatic heterocycles. The van der Waals surface area contributed by atoms with Gasteiger partial charge in [-0.1, -0.05) is 48.5 Å². The maximum absolute atomic E-state index is 2.79. The Kier molecular flexibility index (Phi) is 6.95. The van der Waals surface area contributed by atoms with E-state index in [1.165, 1.54) is 244 Å². The summed E-state index contributed by atoms with van der Waals surface area (Å²) < 4.78 is 5.58. The predicted octanol–water partition coefficient (Wildman–Crippen LogP) is 22.9. The average molecular weight is 1170 g/mol. The molecule has 15 aliphatic carbocycles. The van der Waals surface area contributed by atoms with E-state index in [0.29, 0.717) is 16.2 Å². The van der Waals surface area contributed by atoms with Gasteiger partial charge in [-0.2, -0.15) is 0 Å². The first kappa shape index (κ1) is 46.0. The number of hydrogen-bond acceptors (Lipinski definition) is 0. The summed E-state index contributed by atoms with van der Waals surface area (Å²) in [4.78, 5) is 0. The Bertz CT molecular complexity index is 6120. The summed E-state index contributed by atoms with van der Waals surface area (Å²) >= 11 is 0. The van der Waals surface area contributed by atoms with Gasteiger partial charge in [0, 0.05) is 43.1 Å². The van der Waals surface area contributed by atoms with Crippen LogP contribution in [0.4, 0.5) is 0 Å². The molecule has 3 spiro atoms. The highest BCUT2D eigenvalue weighted by Gasteiger charge is 2.74. The summed E-state index contributed by atoms with van der Waals surface area (Å²) in [5, 5.41) is 23.3. The van der Waals surface area contributed by atoms with Crippen molar-refractivity contribution in [3.63, 3.8) is 0 Å².